The molecule has 0 saturated heterocycles. The Morgan fingerprint density at radius 1 is 0.931 bits per heavy atom. The molecule has 1 atom stereocenters. The molecule has 1 aliphatic carbocycles. The van der Waals surface area contributed by atoms with E-state index in [2.05, 4.69) is 5.32 Å². The number of amides is 1. The van der Waals surface area contributed by atoms with Crippen molar-refractivity contribution in [1.29, 1.82) is 0 Å². The summed E-state index contributed by atoms with van der Waals surface area (Å²) in [5.41, 5.74) is 4.13. The van der Waals surface area contributed by atoms with Crippen molar-refractivity contribution in [3.63, 3.8) is 0 Å². The van der Waals surface area contributed by atoms with Gasteiger partial charge < -0.3 is 10.1 Å². The number of hydrogen-bond donors (Lipinski definition) is 1. The first-order valence-electron chi connectivity index (χ1n) is 9.40. The predicted molar refractivity (Wildman–Crippen MR) is 108 cm³/mol. The van der Waals surface area contributed by atoms with Crippen LogP contribution in [0.15, 0.2) is 72.8 Å². The van der Waals surface area contributed by atoms with Gasteiger partial charge in [-0.1, -0.05) is 66.7 Å². The van der Waals surface area contributed by atoms with Gasteiger partial charge in [0.1, 0.15) is 11.9 Å². The third-order valence-corrected chi connectivity index (χ3v) is 5.28. The van der Waals surface area contributed by atoms with Crippen LogP contribution in [0, 0.1) is 5.82 Å². The van der Waals surface area contributed by atoms with E-state index in [1.54, 1.807) is 18.2 Å². The number of rotatable bonds is 5. The van der Waals surface area contributed by atoms with E-state index in [1.807, 2.05) is 48.5 Å². The van der Waals surface area contributed by atoms with Crippen LogP contribution in [0.25, 0.3) is 11.1 Å². The molecule has 1 aliphatic rings. The summed E-state index contributed by atoms with van der Waals surface area (Å²) >= 11 is 0. The molecule has 1 N–H and O–H groups in total. The summed E-state index contributed by atoms with van der Waals surface area (Å²) in [6.45, 7) is 0. The van der Waals surface area contributed by atoms with E-state index in [0.717, 1.165) is 22.3 Å². The van der Waals surface area contributed by atoms with Gasteiger partial charge in [0.15, 0.2) is 0 Å². The van der Waals surface area contributed by atoms with Gasteiger partial charge in [0.05, 0.1) is 13.0 Å². The zero-order valence-electron chi connectivity index (χ0n) is 15.9. The number of fused-ring (bicyclic) bond motifs is 3. The number of carbonyl (C=O) groups excluding carboxylic acids is 2. The van der Waals surface area contributed by atoms with Crippen LogP contribution in [0.2, 0.25) is 0 Å². The Morgan fingerprint density at radius 2 is 1.48 bits per heavy atom. The molecule has 0 fully saturated rings. The van der Waals surface area contributed by atoms with Gasteiger partial charge in [-0.25, -0.2) is 9.18 Å². The van der Waals surface area contributed by atoms with Gasteiger partial charge in [0.2, 0.25) is 5.91 Å². The lowest BCUT2D eigenvalue weighted by Crippen LogP contribution is -2.45. The minimum absolute atomic E-state index is 0.0150. The van der Waals surface area contributed by atoms with Crippen molar-refractivity contribution in [2.75, 3.05) is 7.11 Å². The Balaban J connectivity index is 1.64. The molecule has 0 bridgehead atoms. The number of nitrogens with one attached hydrogen (secondary N) is 1. The number of hydrogen-bond acceptors (Lipinski definition) is 3. The maximum absolute atomic E-state index is 14.1. The van der Waals surface area contributed by atoms with E-state index in [9.17, 15) is 14.0 Å². The fourth-order valence-electron chi connectivity index (χ4n) is 3.91. The standard InChI is InChI=1S/C24H20FNO3/c1-29-24(28)21(14-15-8-2-7-13-20(15)25)26-23(27)22-18-11-5-3-9-16(18)17-10-4-6-12-19(17)22/h2-13,21-22H,14H2,1H3,(H,26,27)/t21-/m0/s1. The summed E-state index contributed by atoms with van der Waals surface area (Å²) in [7, 11) is 1.25. The highest BCUT2D eigenvalue weighted by Gasteiger charge is 2.35. The van der Waals surface area contributed by atoms with Crippen LogP contribution in [0.3, 0.4) is 0 Å². The van der Waals surface area contributed by atoms with Gasteiger partial charge in [0, 0.05) is 6.42 Å². The molecule has 0 unspecified atom stereocenters. The van der Waals surface area contributed by atoms with E-state index >= 15 is 0 Å². The first kappa shape index (κ1) is 18.9. The van der Waals surface area contributed by atoms with Crippen LogP contribution in [-0.4, -0.2) is 25.0 Å². The smallest absolute Gasteiger partial charge is 0.328 e. The van der Waals surface area contributed by atoms with E-state index < -0.39 is 23.7 Å². The fourth-order valence-corrected chi connectivity index (χ4v) is 3.91. The lowest BCUT2D eigenvalue weighted by molar-refractivity contribution is -0.145. The average Bonchev–Trinajstić information content (AvgIpc) is 3.09. The first-order valence-corrected chi connectivity index (χ1v) is 9.40. The summed E-state index contributed by atoms with van der Waals surface area (Å²) in [4.78, 5) is 25.6. The quantitative estimate of drug-likeness (QED) is 0.675. The highest BCUT2D eigenvalue weighted by atomic mass is 19.1. The van der Waals surface area contributed by atoms with Gasteiger partial charge >= 0.3 is 5.97 Å². The molecule has 4 rings (SSSR count). The van der Waals surface area contributed by atoms with E-state index in [-0.39, 0.29) is 12.3 Å². The topological polar surface area (TPSA) is 55.4 Å². The third kappa shape index (κ3) is 3.51. The highest BCUT2D eigenvalue weighted by Crippen LogP contribution is 2.44. The molecule has 1 amide bonds. The molecule has 0 aliphatic heterocycles. The fraction of sp³-hybridized carbons (Fsp3) is 0.167. The van der Waals surface area contributed by atoms with Crippen molar-refractivity contribution in [2.45, 2.75) is 18.4 Å². The van der Waals surface area contributed by atoms with Gasteiger partial charge in [-0.05, 0) is 33.9 Å². The Morgan fingerprint density at radius 3 is 2.07 bits per heavy atom. The molecular formula is C24H20FNO3. The van der Waals surface area contributed by atoms with Crippen molar-refractivity contribution in [1.82, 2.24) is 5.32 Å². The molecule has 146 valence electrons. The van der Waals surface area contributed by atoms with Crippen LogP contribution in [0.4, 0.5) is 4.39 Å². The Hall–Kier alpha value is -3.47. The molecule has 3 aromatic carbocycles. The van der Waals surface area contributed by atoms with Crippen molar-refractivity contribution >= 4 is 11.9 Å². The summed E-state index contributed by atoms with van der Waals surface area (Å²) in [5, 5.41) is 2.79. The lowest BCUT2D eigenvalue weighted by Gasteiger charge is -2.20. The zero-order chi connectivity index (χ0) is 20.4. The maximum atomic E-state index is 14.1. The summed E-state index contributed by atoms with van der Waals surface area (Å²) < 4.78 is 18.9. The molecule has 0 saturated carbocycles. The normalized spacial score (nSPS) is 13.3. The molecule has 0 heterocycles. The van der Waals surface area contributed by atoms with Gasteiger partial charge in [-0.15, -0.1) is 0 Å². The van der Waals surface area contributed by atoms with Gasteiger partial charge in [-0.3, -0.25) is 4.79 Å². The highest BCUT2D eigenvalue weighted by molar-refractivity contribution is 5.97. The Bertz CT molecular complexity index is 1030. The van der Waals surface area contributed by atoms with Crippen LogP contribution in [-0.2, 0) is 20.7 Å². The number of benzene rings is 3. The van der Waals surface area contributed by atoms with Crippen LogP contribution in [0.5, 0.6) is 0 Å². The van der Waals surface area contributed by atoms with Gasteiger partial charge in [-0.2, -0.15) is 0 Å². The average molecular weight is 389 g/mol. The minimum Gasteiger partial charge on any atom is -0.467 e. The minimum atomic E-state index is -0.982. The maximum Gasteiger partial charge on any atom is 0.328 e. The van der Waals surface area contributed by atoms with Crippen molar-refractivity contribution in [3.05, 3.63) is 95.3 Å². The van der Waals surface area contributed by atoms with Crippen molar-refractivity contribution < 1.29 is 18.7 Å². The molecule has 0 radical (unpaired) electrons. The van der Waals surface area contributed by atoms with Crippen LogP contribution >= 0.6 is 0 Å². The second-order valence-corrected chi connectivity index (χ2v) is 6.99. The Kier molecular flexibility index (Phi) is 5.12. The predicted octanol–water partition coefficient (Wildman–Crippen LogP) is 3.84. The first-order chi connectivity index (χ1) is 14.1. The van der Waals surface area contributed by atoms with E-state index in [1.165, 1.54) is 13.2 Å². The molecule has 0 spiro atoms. The number of carbonyl (C=O) groups is 2. The Labute approximate surface area is 168 Å². The monoisotopic (exact) mass is 389 g/mol. The molecule has 0 aromatic heterocycles. The van der Waals surface area contributed by atoms with Gasteiger partial charge in [0.25, 0.3) is 0 Å². The molecule has 5 heteroatoms. The van der Waals surface area contributed by atoms with E-state index in [0.29, 0.717) is 5.56 Å². The van der Waals surface area contributed by atoms with Crippen molar-refractivity contribution in [3.8, 4) is 11.1 Å². The number of ether oxygens (including phenoxy) is 1. The second kappa shape index (κ2) is 7.87. The van der Waals surface area contributed by atoms with Crippen molar-refractivity contribution in [2.24, 2.45) is 0 Å². The molecule has 29 heavy (non-hydrogen) atoms. The SMILES string of the molecule is COC(=O)[C@H](Cc1ccccc1F)NC(=O)C1c2ccccc2-c2ccccc21. The summed E-state index contributed by atoms with van der Waals surface area (Å²) in [5.74, 6) is -1.88. The lowest BCUT2D eigenvalue weighted by atomic mass is 9.95. The molecule has 4 nitrogen and oxygen atoms in total. The second-order valence-electron chi connectivity index (χ2n) is 6.99. The molecule has 3 aromatic rings. The third-order valence-electron chi connectivity index (χ3n) is 5.28. The summed E-state index contributed by atoms with van der Waals surface area (Å²) in [6, 6.07) is 20.7. The zero-order valence-corrected chi connectivity index (χ0v) is 15.9. The number of esters is 1. The molecular weight excluding hydrogens is 369 g/mol. The van der Waals surface area contributed by atoms with Crippen LogP contribution < -0.4 is 5.32 Å². The van der Waals surface area contributed by atoms with Crippen LogP contribution in [0.1, 0.15) is 22.6 Å². The summed E-state index contributed by atoms with van der Waals surface area (Å²) in [6.07, 6.45) is 0.0150. The largest absolute Gasteiger partial charge is 0.467 e. The number of methoxy groups -OCH3 is 1. The van der Waals surface area contributed by atoms with E-state index in [4.69, 9.17) is 4.74 Å². The number of halogens is 1.